The highest BCUT2D eigenvalue weighted by Gasteiger charge is 2.12. The Balaban J connectivity index is 2.17. The Morgan fingerprint density at radius 2 is 2.21 bits per heavy atom. The minimum atomic E-state index is -0.629. The third kappa shape index (κ3) is 3.19. The minimum Gasteiger partial charge on any atom is -0.497 e. The van der Waals surface area contributed by atoms with Gasteiger partial charge in [-0.25, -0.2) is 0 Å². The number of hydrogen-bond acceptors (Lipinski definition) is 6. The van der Waals surface area contributed by atoms with Gasteiger partial charge in [-0.15, -0.1) is 10.2 Å². The first-order chi connectivity index (χ1) is 9.10. The summed E-state index contributed by atoms with van der Waals surface area (Å²) < 4.78 is 10.8. The van der Waals surface area contributed by atoms with Crippen molar-refractivity contribution >= 4 is 0 Å². The molecular formula is C12H16N4O3. The molecule has 0 fully saturated rings. The number of aliphatic hydroxyl groups excluding tert-OH is 1. The van der Waals surface area contributed by atoms with Gasteiger partial charge < -0.3 is 14.6 Å². The molecule has 1 aromatic heterocycles. The summed E-state index contributed by atoms with van der Waals surface area (Å²) in [6.45, 7) is 1.86. The average Bonchev–Trinajstić information content (AvgIpc) is 2.81. The van der Waals surface area contributed by atoms with Crippen LogP contribution < -0.4 is 9.47 Å². The molecule has 0 saturated carbocycles. The van der Waals surface area contributed by atoms with Gasteiger partial charge in [0.15, 0.2) is 6.61 Å². The quantitative estimate of drug-likeness (QED) is 0.862. The molecular weight excluding hydrogens is 248 g/mol. The summed E-state index contributed by atoms with van der Waals surface area (Å²) >= 11 is 0. The highest BCUT2D eigenvalue weighted by atomic mass is 16.5. The third-order valence-corrected chi connectivity index (χ3v) is 2.58. The molecule has 0 saturated heterocycles. The molecule has 7 nitrogen and oxygen atoms in total. The lowest BCUT2D eigenvalue weighted by Gasteiger charge is -2.13. The van der Waals surface area contributed by atoms with Crippen molar-refractivity contribution in [1.29, 1.82) is 0 Å². The van der Waals surface area contributed by atoms with Crippen LogP contribution in [0, 0.1) is 0 Å². The Morgan fingerprint density at radius 3 is 2.79 bits per heavy atom. The van der Waals surface area contributed by atoms with Crippen LogP contribution in [0.1, 0.15) is 24.4 Å². The van der Waals surface area contributed by atoms with Crippen molar-refractivity contribution < 1.29 is 14.6 Å². The second-order valence-corrected chi connectivity index (χ2v) is 4.06. The van der Waals surface area contributed by atoms with E-state index in [1.807, 2.05) is 0 Å². The Morgan fingerprint density at radius 1 is 1.42 bits per heavy atom. The normalized spacial score (nSPS) is 12.2. The number of ether oxygens (including phenoxy) is 2. The molecule has 0 bridgehead atoms. The largest absolute Gasteiger partial charge is 0.497 e. The summed E-state index contributed by atoms with van der Waals surface area (Å²) in [5.41, 5.74) is 0.685. The maximum Gasteiger partial charge on any atom is 0.212 e. The van der Waals surface area contributed by atoms with Crippen LogP contribution in [0.25, 0.3) is 0 Å². The molecule has 7 heteroatoms. The molecule has 0 aliphatic carbocycles. The zero-order valence-corrected chi connectivity index (χ0v) is 11.1. The van der Waals surface area contributed by atoms with Crippen molar-refractivity contribution in [2.45, 2.75) is 19.6 Å². The summed E-state index contributed by atoms with van der Waals surface area (Å²) in [4.78, 5) is 1.36. The van der Waals surface area contributed by atoms with Crippen LogP contribution in [0.3, 0.4) is 0 Å². The molecule has 0 unspecified atom stereocenters. The van der Waals surface area contributed by atoms with Gasteiger partial charge in [0, 0.05) is 11.6 Å². The van der Waals surface area contributed by atoms with E-state index in [2.05, 4.69) is 15.4 Å². The summed E-state index contributed by atoms with van der Waals surface area (Å²) in [6.07, 6.45) is -0.629. The lowest BCUT2D eigenvalue weighted by Crippen LogP contribution is -2.03. The van der Waals surface area contributed by atoms with Crippen molar-refractivity contribution in [3.8, 4) is 11.5 Å². The molecule has 2 aromatic rings. The molecule has 1 aromatic carbocycles. The molecule has 0 aliphatic heterocycles. The van der Waals surface area contributed by atoms with Crippen LogP contribution in [0.4, 0.5) is 0 Å². The standard InChI is InChI=1S/C12H16N4O3/c1-8(17)10-5-4-9(18-3)6-11(10)19-7-12-13-15-16(2)14-12/h4-6,8,17H,7H2,1-3H3/t8-/m0/s1. The lowest BCUT2D eigenvalue weighted by molar-refractivity contribution is 0.189. The predicted molar refractivity (Wildman–Crippen MR) is 66.8 cm³/mol. The number of aryl methyl sites for hydroxylation is 1. The van der Waals surface area contributed by atoms with Gasteiger partial charge in [0.05, 0.1) is 20.3 Å². The number of methoxy groups -OCH3 is 1. The zero-order chi connectivity index (χ0) is 13.8. The van der Waals surface area contributed by atoms with E-state index in [1.165, 1.54) is 4.80 Å². The summed E-state index contributed by atoms with van der Waals surface area (Å²) in [7, 11) is 3.26. The number of nitrogens with zero attached hydrogens (tertiary/aromatic N) is 4. The fourth-order valence-corrected chi connectivity index (χ4v) is 1.64. The summed E-state index contributed by atoms with van der Waals surface area (Å²) in [6, 6.07) is 5.26. The molecule has 1 heterocycles. The van der Waals surface area contributed by atoms with E-state index < -0.39 is 6.10 Å². The maximum atomic E-state index is 9.70. The van der Waals surface area contributed by atoms with Gasteiger partial charge in [-0.05, 0) is 24.3 Å². The molecule has 2 rings (SSSR count). The van der Waals surface area contributed by atoms with Gasteiger partial charge in [-0.1, -0.05) is 0 Å². The Kier molecular flexibility index (Phi) is 3.96. The van der Waals surface area contributed by atoms with Crippen LogP contribution in [0.2, 0.25) is 0 Å². The first kappa shape index (κ1) is 13.3. The SMILES string of the molecule is COc1ccc([C@H](C)O)c(OCc2nnn(C)n2)c1. The minimum absolute atomic E-state index is 0.181. The maximum absolute atomic E-state index is 9.70. The van der Waals surface area contributed by atoms with Crippen molar-refractivity contribution in [2.75, 3.05) is 7.11 Å². The Hall–Kier alpha value is -2.15. The fourth-order valence-electron chi connectivity index (χ4n) is 1.64. The van der Waals surface area contributed by atoms with Gasteiger partial charge in [0.1, 0.15) is 11.5 Å². The highest BCUT2D eigenvalue weighted by Crippen LogP contribution is 2.29. The molecule has 19 heavy (non-hydrogen) atoms. The van der Waals surface area contributed by atoms with Crippen LogP contribution in [-0.4, -0.2) is 32.4 Å². The number of rotatable bonds is 5. The number of aromatic nitrogens is 4. The van der Waals surface area contributed by atoms with Gasteiger partial charge >= 0.3 is 0 Å². The first-order valence-electron chi connectivity index (χ1n) is 5.82. The predicted octanol–water partition coefficient (Wildman–Crippen LogP) is 0.851. The topological polar surface area (TPSA) is 82.3 Å². The molecule has 0 spiro atoms. The molecule has 1 N–H and O–H groups in total. The van der Waals surface area contributed by atoms with Gasteiger partial charge in [0.2, 0.25) is 5.82 Å². The number of benzene rings is 1. The van der Waals surface area contributed by atoms with Crippen molar-refractivity contribution in [2.24, 2.45) is 7.05 Å². The molecule has 1 atom stereocenters. The lowest BCUT2D eigenvalue weighted by atomic mass is 10.1. The third-order valence-electron chi connectivity index (χ3n) is 2.58. The number of hydrogen-bond donors (Lipinski definition) is 1. The molecule has 0 amide bonds. The number of tetrazole rings is 1. The highest BCUT2D eigenvalue weighted by molar-refractivity contribution is 5.41. The van der Waals surface area contributed by atoms with E-state index in [4.69, 9.17) is 9.47 Å². The zero-order valence-electron chi connectivity index (χ0n) is 11.1. The van der Waals surface area contributed by atoms with Crippen molar-refractivity contribution in [3.05, 3.63) is 29.6 Å². The smallest absolute Gasteiger partial charge is 0.212 e. The van der Waals surface area contributed by atoms with E-state index >= 15 is 0 Å². The van der Waals surface area contributed by atoms with E-state index in [0.717, 1.165) is 0 Å². The molecule has 0 radical (unpaired) electrons. The first-order valence-corrected chi connectivity index (χ1v) is 5.82. The molecule has 0 aliphatic rings. The monoisotopic (exact) mass is 264 g/mol. The second-order valence-electron chi connectivity index (χ2n) is 4.06. The number of aliphatic hydroxyl groups is 1. The summed E-state index contributed by atoms with van der Waals surface area (Å²) in [5.74, 6) is 1.68. The second kappa shape index (κ2) is 5.66. The average molecular weight is 264 g/mol. The van der Waals surface area contributed by atoms with Gasteiger partial charge in [-0.3, -0.25) is 0 Å². The van der Waals surface area contributed by atoms with Crippen LogP contribution in [0.5, 0.6) is 11.5 Å². The van der Waals surface area contributed by atoms with Crippen molar-refractivity contribution in [1.82, 2.24) is 20.2 Å². The van der Waals surface area contributed by atoms with Crippen LogP contribution >= 0.6 is 0 Å². The van der Waals surface area contributed by atoms with E-state index in [0.29, 0.717) is 22.9 Å². The van der Waals surface area contributed by atoms with E-state index in [1.54, 1.807) is 39.3 Å². The van der Waals surface area contributed by atoms with E-state index in [-0.39, 0.29) is 6.61 Å². The molecule has 102 valence electrons. The van der Waals surface area contributed by atoms with Gasteiger partial charge in [0.25, 0.3) is 0 Å². The fraction of sp³-hybridized carbons (Fsp3) is 0.417. The van der Waals surface area contributed by atoms with Crippen molar-refractivity contribution in [3.63, 3.8) is 0 Å². The van der Waals surface area contributed by atoms with E-state index in [9.17, 15) is 5.11 Å². The Labute approximate surface area is 110 Å². The Bertz CT molecular complexity index is 554. The van der Waals surface area contributed by atoms with Crippen LogP contribution in [-0.2, 0) is 13.7 Å². The van der Waals surface area contributed by atoms with Crippen LogP contribution in [0.15, 0.2) is 18.2 Å². The van der Waals surface area contributed by atoms with Gasteiger partial charge in [-0.2, -0.15) is 4.80 Å². The summed E-state index contributed by atoms with van der Waals surface area (Å²) in [5, 5.41) is 21.3.